The molecule has 3 N–H and O–H groups in total. The molecule has 1 aliphatic carbocycles. The molecule has 0 bridgehead atoms. The van der Waals surface area contributed by atoms with Gasteiger partial charge in [0.2, 0.25) is 5.91 Å². The zero-order valence-corrected chi connectivity index (χ0v) is 13.1. The largest absolute Gasteiger partial charge is 0.329 e. The lowest BCUT2D eigenvalue weighted by Crippen LogP contribution is -2.43. The number of rotatable bonds is 3. The Morgan fingerprint density at radius 1 is 1.37 bits per heavy atom. The summed E-state index contributed by atoms with van der Waals surface area (Å²) in [4.78, 5) is 12.5. The van der Waals surface area contributed by atoms with Gasteiger partial charge in [0.25, 0.3) is 0 Å². The van der Waals surface area contributed by atoms with Crippen LogP contribution in [0.15, 0.2) is 22.7 Å². The predicted molar refractivity (Wildman–Crippen MR) is 82.4 cm³/mol. The summed E-state index contributed by atoms with van der Waals surface area (Å²) in [6, 6.07) is 5.43. The van der Waals surface area contributed by atoms with Crippen LogP contribution in [0.5, 0.6) is 0 Å². The summed E-state index contributed by atoms with van der Waals surface area (Å²) in [7, 11) is 0. The Bertz CT molecular complexity index is 473. The monoisotopic (exact) mass is 344 g/mol. The molecule has 0 radical (unpaired) electrons. The molecule has 0 spiro atoms. The number of carbonyl (C=O) groups is 1. The Hall–Kier alpha value is -0.580. The van der Waals surface area contributed by atoms with Gasteiger partial charge in [0.1, 0.15) is 0 Å². The Morgan fingerprint density at radius 3 is 2.68 bits per heavy atom. The van der Waals surface area contributed by atoms with Gasteiger partial charge in [0.15, 0.2) is 0 Å². The summed E-state index contributed by atoms with van der Waals surface area (Å²) in [5.41, 5.74) is 6.15. The number of amides is 1. The van der Waals surface area contributed by atoms with Gasteiger partial charge >= 0.3 is 0 Å². The van der Waals surface area contributed by atoms with Gasteiger partial charge in [0, 0.05) is 6.54 Å². The third kappa shape index (κ3) is 3.12. The first-order chi connectivity index (χ1) is 9.09. The molecular formula is C14H18BrClN2O. The van der Waals surface area contributed by atoms with Crippen LogP contribution in [0.4, 0.5) is 5.69 Å². The molecular weight excluding hydrogens is 328 g/mol. The van der Waals surface area contributed by atoms with E-state index in [2.05, 4.69) is 21.2 Å². The molecule has 19 heavy (non-hydrogen) atoms. The second kappa shape index (κ2) is 6.25. The van der Waals surface area contributed by atoms with Gasteiger partial charge in [-0.2, -0.15) is 0 Å². The van der Waals surface area contributed by atoms with Crippen LogP contribution < -0.4 is 11.1 Å². The van der Waals surface area contributed by atoms with E-state index in [9.17, 15) is 4.79 Å². The van der Waals surface area contributed by atoms with Crippen LogP contribution in [0.1, 0.15) is 32.1 Å². The molecule has 1 fully saturated rings. The van der Waals surface area contributed by atoms with E-state index in [1.165, 1.54) is 6.42 Å². The fourth-order valence-electron chi connectivity index (χ4n) is 2.61. The van der Waals surface area contributed by atoms with Crippen molar-refractivity contribution in [2.75, 3.05) is 11.9 Å². The number of anilines is 1. The van der Waals surface area contributed by atoms with Crippen molar-refractivity contribution in [3.05, 3.63) is 27.7 Å². The van der Waals surface area contributed by atoms with Crippen LogP contribution in [0.2, 0.25) is 5.02 Å². The van der Waals surface area contributed by atoms with Crippen LogP contribution in [0, 0.1) is 5.41 Å². The lowest BCUT2D eigenvalue weighted by atomic mass is 9.73. The smallest absolute Gasteiger partial charge is 0.231 e. The number of benzene rings is 1. The molecule has 104 valence electrons. The van der Waals surface area contributed by atoms with Crippen LogP contribution in [0.3, 0.4) is 0 Å². The molecule has 0 aliphatic heterocycles. The first kappa shape index (κ1) is 14.8. The van der Waals surface area contributed by atoms with Gasteiger partial charge in [-0.05, 0) is 40.9 Å². The third-order valence-electron chi connectivity index (χ3n) is 3.88. The maximum atomic E-state index is 12.5. The minimum Gasteiger partial charge on any atom is -0.329 e. The van der Waals surface area contributed by atoms with Gasteiger partial charge < -0.3 is 11.1 Å². The summed E-state index contributed by atoms with van der Waals surface area (Å²) >= 11 is 9.42. The molecule has 1 aromatic carbocycles. The van der Waals surface area contributed by atoms with Crippen molar-refractivity contribution >= 4 is 39.1 Å². The van der Waals surface area contributed by atoms with Crippen molar-refractivity contribution in [3.8, 4) is 0 Å². The molecule has 1 aromatic rings. The van der Waals surface area contributed by atoms with Gasteiger partial charge in [-0.1, -0.05) is 36.9 Å². The van der Waals surface area contributed by atoms with Crippen LogP contribution in [0.25, 0.3) is 0 Å². The Balaban J connectivity index is 2.17. The SMILES string of the molecule is NCC1(C(=O)Nc2cccc(Cl)c2Br)CCCCC1. The molecule has 2 rings (SSSR count). The molecule has 1 aliphatic rings. The van der Waals surface area contributed by atoms with Crippen molar-refractivity contribution in [2.24, 2.45) is 11.1 Å². The molecule has 5 heteroatoms. The minimum atomic E-state index is -0.417. The molecule has 0 atom stereocenters. The Morgan fingerprint density at radius 2 is 2.05 bits per heavy atom. The fraction of sp³-hybridized carbons (Fsp3) is 0.500. The van der Waals surface area contributed by atoms with Crippen LogP contribution in [-0.4, -0.2) is 12.5 Å². The first-order valence-corrected chi connectivity index (χ1v) is 7.72. The molecule has 0 heterocycles. The highest BCUT2D eigenvalue weighted by Gasteiger charge is 2.38. The number of halogens is 2. The number of hydrogen-bond acceptors (Lipinski definition) is 2. The Labute approximate surface area is 127 Å². The molecule has 1 amide bonds. The minimum absolute atomic E-state index is 0.0117. The summed E-state index contributed by atoms with van der Waals surface area (Å²) in [5.74, 6) is 0.0117. The molecule has 0 saturated heterocycles. The van der Waals surface area contributed by atoms with Crippen molar-refractivity contribution in [3.63, 3.8) is 0 Å². The third-order valence-corrected chi connectivity index (χ3v) is 5.28. The maximum absolute atomic E-state index is 12.5. The van der Waals surface area contributed by atoms with E-state index >= 15 is 0 Å². The quantitative estimate of drug-likeness (QED) is 0.871. The fourth-order valence-corrected chi connectivity index (χ4v) is 3.15. The van der Waals surface area contributed by atoms with E-state index in [1.807, 2.05) is 12.1 Å². The summed E-state index contributed by atoms with van der Waals surface area (Å²) in [6.45, 7) is 0.400. The Kier molecular flexibility index (Phi) is 4.87. The van der Waals surface area contributed by atoms with E-state index in [0.717, 1.165) is 25.7 Å². The topological polar surface area (TPSA) is 55.1 Å². The average Bonchev–Trinajstić information content (AvgIpc) is 2.44. The second-order valence-electron chi connectivity index (χ2n) is 5.10. The van der Waals surface area contributed by atoms with E-state index in [0.29, 0.717) is 21.7 Å². The highest BCUT2D eigenvalue weighted by atomic mass is 79.9. The average molecular weight is 346 g/mol. The van der Waals surface area contributed by atoms with Crippen molar-refractivity contribution < 1.29 is 4.79 Å². The zero-order valence-electron chi connectivity index (χ0n) is 10.7. The lowest BCUT2D eigenvalue weighted by Gasteiger charge is -2.34. The number of hydrogen-bond donors (Lipinski definition) is 2. The zero-order chi connectivity index (χ0) is 13.9. The van der Waals surface area contributed by atoms with E-state index in [1.54, 1.807) is 6.07 Å². The number of nitrogens with two attached hydrogens (primary N) is 1. The number of carbonyl (C=O) groups excluding carboxylic acids is 1. The first-order valence-electron chi connectivity index (χ1n) is 6.55. The lowest BCUT2D eigenvalue weighted by molar-refractivity contribution is -0.126. The second-order valence-corrected chi connectivity index (χ2v) is 6.30. The van der Waals surface area contributed by atoms with Crippen molar-refractivity contribution in [2.45, 2.75) is 32.1 Å². The summed E-state index contributed by atoms with van der Waals surface area (Å²) in [5, 5.41) is 3.55. The molecule has 3 nitrogen and oxygen atoms in total. The molecule has 0 aromatic heterocycles. The van der Waals surface area contributed by atoms with Crippen molar-refractivity contribution in [1.82, 2.24) is 0 Å². The molecule has 1 saturated carbocycles. The highest BCUT2D eigenvalue weighted by Crippen LogP contribution is 2.38. The summed E-state index contributed by atoms with van der Waals surface area (Å²) < 4.78 is 0.716. The van der Waals surface area contributed by atoms with E-state index in [4.69, 9.17) is 17.3 Å². The van der Waals surface area contributed by atoms with E-state index in [-0.39, 0.29) is 5.91 Å². The van der Waals surface area contributed by atoms with Crippen LogP contribution in [-0.2, 0) is 4.79 Å². The predicted octanol–water partition coefficient (Wildman–Crippen LogP) is 3.95. The van der Waals surface area contributed by atoms with Gasteiger partial charge in [0.05, 0.1) is 20.6 Å². The van der Waals surface area contributed by atoms with Gasteiger partial charge in [-0.3, -0.25) is 4.79 Å². The van der Waals surface area contributed by atoms with Crippen LogP contribution >= 0.6 is 27.5 Å². The normalized spacial score (nSPS) is 18.1. The van der Waals surface area contributed by atoms with Gasteiger partial charge in [-0.25, -0.2) is 0 Å². The van der Waals surface area contributed by atoms with Crippen molar-refractivity contribution in [1.29, 1.82) is 0 Å². The molecule has 0 unspecified atom stereocenters. The van der Waals surface area contributed by atoms with Gasteiger partial charge in [-0.15, -0.1) is 0 Å². The highest BCUT2D eigenvalue weighted by molar-refractivity contribution is 9.10. The van der Waals surface area contributed by atoms with E-state index < -0.39 is 5.41 Å². The standard InChI is InChI=1S/C14H18BrClN2O/c15-12-10(16)5-4-6-11(12)18-13(19)14(9-17)7-2-1-3-8-14/h4-6H,1-3,7-9,17H2,(H,18,19). The maximum Gasteiger partial charge on any atom is 0.231 e. The number of nitrogens with one attached hydrogen (secondary N) is 1. The summed E-state index contributed by atoms with van der Waals surface area (Å²) in [6.07, 6.45) is 5.07.